The number of rotatable bonds is 1. The van der Waals surface area contributed by atoms with Crippen LogP contribution in [-0.4, -0.2) is 19.0 Å². The summed E-state index contributed by atoms with van der Waals surface area (Å²) in [6.07, 6.45) is 0.167. The molecule has 1 aromatic rings. The molecule has 15 heavy (non-hydrogen) atoms. The number of hydrogen-bond donors (Lipinski definition) is 1. The van der Waals surface area contributed by atoms with Gasteiger partial charge in [-0.1, -0.05) is 11.6 Å². The number of amides is 1. The van der Waals surface area contributed by atoms with E-state index < -0.39 is 5.97 Å². The van der Waals surface area contributed by atoms with Gasteiger partial charge in [0.15, 0.2) is 0 Å². The Kier molecular flexibility index (Phi) is 2.36. The zero-order valence-electron chi connectivity index (χ0n) is 7.96. The highest BCUT2D eigenvalue weighted by Crippen LogP contribution is 2.33. The Bertz CT molecular complexity index is 456. The largest absolute Gasteiger partial charge is 0.465 e. The van der Waals surface area contributed by atoms with E-state index in [1.807, 2.05) is 0 Å². The molecule has 2 rings (SSSR count). The van der Waals surface area contributed by atoms with Gasteiger partial charge in [0.25, 0.3) is 0 Å². The normalized spacial score (nSPS) is 13.3. The third-order valence-corrected chi connectivity index (χ3v) is 2.58. The quantitative estimate of drug-likeness (QED) is 0.739. The number of esters is 1. The van der Waals surface area contributed by atoms with Crippen molar-refractivity contribution in [3.8, 4) is 0 Å². The van der Waals surface area contributed by atoms with E-state index in [0.717, 1.165) is 0 Å². The van der Waals surface area contributed by atoms with Crippen molar-refractivity contribution in [1.29, 1.82) is 0 Å². The first kappa shape index (κ1) is 9.98. The molecule has 4 nitrogen and oxygen atoms in total. The van der Waals surface area contributed by atoms with E-state index in [4.69, 9.17) is 11.6 Å². The summed E-state index contributed by atoms with van der Waals surface area (Å²) in [4.78, 5) is 22.6. The molecule has 1 aromatic carbocycles. The number of halogens is 1. The second-order valence-corrected chi connectivity index (χ2v) is 3.57. The standard InChI is InChI=1S/C10H8ClNO3/c1-15-10(14)5-2-3-7(11)9-6(5)4-8(13)12-9/h2-3H,4H2,1H3,(H,12,13). The van der Waals surface area contributed by atoms with Crippen molar-refractivity contribution >= 4 is 29.2 Å². The molecule has 1 aliphatic rings. The van der Waals surface area contributed by atoms with Gasteiger partial charge in [0.2, 0.25) is 5.91 Å². The van der Waals surface area contributed by atoms with Crippen molar-refractivity contribution in [1.82, 2.24) is 0 Å². The highest BCUT2D eigenvalue weighted by Gasteiger charge is 2.26. The molecule has 0 saturated heterocycles. The first-order chi connectivity index (χ1) is 7.13. The number of hydrogen-bond acceptors (Lipinski definition) is 3. The van der Waals surface area contributed by atoms with Crippen molar-refractivity contribution < 1.29 is 14.3 Å². The van der Waals surface area contributed by atoms with Gasteiger partial charge < -0.3 is 10.1 Å². The average Bonchev–Trinajstić information content (AvgIpc) is 2.60. The molecule has 0 atom stereocenters. The Morgan fingerprint density at radius 3 is 2.93 bits per heavy atom. The summed E-state index contributed by atoms with van der Waals surface area (Å²) in [5.74, 6) is -0.623. The Hall–Kier alpha value is -1.55. The third kappa shape index (κ3) is 1.57. The van der Waals surface area contributed by atoms with Crippen molar-refractivity contribution in [2.45, 2.75) is 6.42 Å². The summed E-state index contributed by atoms with van der Waals surface area (Å²) >= 11 is 5.89. The Balaban J connectivity index is 2.57. The highest BCUT2D eigenvalue weighted by molar-refractivity contribution is 6.34. The van der Waals surface area contributed by atoms with Crippen LogP contribution in [0, 0.1) is 0 Å². The second kappa shape index (κ2) is 3.55. The summed E-state index contributed by atoms with van der Waals surface area (Å²) in [6.45, 7) is 0. The third-order valence-electron chi connectivity index (χ3n) is 2.27. The predicted octanol–water partition coefficient (Wildman–Crippen LogP) is 1.62. The molecule has 1 heterocycles. The lowest BCUT2D eigenvalue weighted by Gasteiger charge is -2.06. The lowest BCUT2D eigenvalue weighted by molar-refractivity contribution is -0.115. The fraction of sp³-hybridized carbons (Fsp3) is 0.200. The van der Waals surface area contributed by atoms with Crippen LogP contribution in [0.25, 0.3) is 0 Å². The van der Waals surface area contributed by atoms with E-state index in [-0.39, 0.29) is 12.3 Å². The first-order valence-corrected chi connectivity index (χ1v) is 4.71. The van der Waals surface area contributed by atoms with Crippen molar-refractivity contribution in [2.75, 3.05) is 12.4 Å². The molecule has 1 N–H and O–H groups in total. The lowest BCUT2D eigenvalue weighted by atomic mass is 10.1. The molecular formula is C10H8ClNO3. The Morgan fingerprint density at radius 2 is 2.27 bits per heavy atom. The maximum atomic E-state index is 11.4. The van der Waals surface area contributed by atoms with Gasteiger partial charge >= 0.3 is 5.97 Å². The zero-order chi connectivity index (χ0) is 11.0. The second-order valence-electron chi connectivity index (χ2n) is 3.17. The molecular weight excluding hydrogens is 218 g/mol. The van der Waals surface area contributed by atoms with E-state index in [1.54, 1.807) is 12.1 Å². The van der Waals surface area contributed by atoms with E-state index in [0.29, 0.717) is 21.8 Å². The molecule has 0 unspecified atom stereocenters. The van der Waals surface area contributed by atoms with Gasteiger partial charge in [0.05, 0.1) is 29.8 Å². The van der Waals surface area contributed by atoms with Crippen molar-refractivity contribution in [3.63, 3.8) is 0 Å². The lowest BCUT2D eigenvalue weighted by Crippen LogP contribution is -2.05. The minimum Gasteiger partial charge on any atom is -0.465 e. The molecule has 0 bridgehead atoms. The Morgan fingerprint density at radius 1 is 1.53 bits per heavy atom. The molecule has 1 amide bonds. The monoisotopic (exact) mass is 225 g/mol. The highest BCUT2D eigenvalue weighted by atomic mass is 35.5. The van der Waals surface area contributed by atoms with Gasteiger partial charge in [-0.05, 0) is 12.1 Å². The number of nitrogens with one attached hydrogen (secondary N) is 1. The molecule has 5 heteroatoms. The smallest absolute Gasteiger partial charge is 0.338 e. The zero-order valence-corrected chi connectivity index (χ0v) is 8.72. The predicted molar refractivity (Wildman–Crippen MR) is 55.1 cm³/mol. The summed E-state index contributed by atoms with van der Waals surface area (Å²) in [7, 11) is 1.30. The van der Waals surface area contributed by atoms with Crippen LogP contribution in [0.4, 0.5) is 5.69 Å². The molecule has 0 fully saturated rings. The molecule has 0 aliphatic carbocycles. The first-order valence-electron chi connectivity index (χ1n) is 4.33. The van der Waals surface area contributed by atoms with Crippen molar-refractivity contribution in [2.24, 2.45) is 0 Å². The molecule has 78 valence electrons. The number of ether oxygens (including phenoxy) is 1. The van der Waals surface area contributed by atoms with Gasteiger partial charge in [0.1, 0.15) is 0 Å². The van der Waals surface area contributed by atoms with Crippen molar-refractivity contribution in [3.05, 3.63) is 28.3 Å². The molecule has 0 aromatic heterocycles. The molecule has 0 saturated carbocycles. The maximum Gasteiger partial charge on any atom is 0.338 e. The number of carbonyl (C=O) groups excluding carboxylic acids is 2. The van der Waals surface area contributed by atoms with E-state index in [9.17, 15) is 9.59 Å². The fourth-order valence-corrected chi connectivity index (χ4v) is 1.81. The topological polar surface area (TPSA) is 55.4 Å². The van der Waals surface area contributed by atoms with Crippen LogP contribution in [0.3, 0.4) is 0 Å². The number of anilines is 1. The van der Waals surface area contributed by atoms with Gasteiger partial charge in [-0.25, -0.2) is 4.79 Å². The van der Waals surface area contributed by atoms with Crippen LogP contribution in [-0.2, 0) is 16.0 Å². The number of carbonyl (C=O) groups is 2. The van der Waals surface area contributed by atoms with Gasteiger partial charge in [0, 0.05) is 5.56 Å². The van der Waals surface area contributed by atoms with Crippen LogP contribution in [0.2, 0.25) is 5.02 Å². The SMILES string of the molecule is COC(=O)c1ccc(Cl)c2c1CC(=O)N2. The van der Waals surface area contributed by atoms with Gasteiger partial charge in [-0.2, -0.15) is 0 Å². The molecule has 1 aliphatic heterocycles. The Labute approximate surface area is 91.2 Å². The maximum absolute atomic E-state index is 11.4. The number of methoxy groups -OCH3 is 1. The summed E-state index contributed by atoms with van der Waals surface area (Å²) in [5, 5.41) is 3.04. The minimum atomic E-state index is -0.459. The van der Waals surface area contributed by atoms with E-state index in [1.165, 1.54) is 7.11 Å². The van der Waals surface area contributed by atoms with Crippen LogP contribution >= 0.6 is 11.6 Å². The number of benzene rings is 1. The van der Waals surface area contributed by atoms with Crippen LogP contribution in [0.15, 0.2) is 12.1 Å². The van der Waals surface area contributed by atoms with Gasteiger partial charge in [-0.3, -0.25) is 4.79 Å². The summed E-state index contributed by atoms with van der Waals surface area (Å²) in [6, 6.07) is 3.13. The van der Waals surface area contributed by atoms with Crippen LogP contribution < -0.4 is 5.32 Å². The minimum absolute atomic E-state index is 0.164. The van der Waals surface area contributed by atoms with E-state index in [2.05, 4.69) is 10.1 Å². The van der Waals surface area contributed by atoms with E-state index >= 15 is 0 Å². The number of fused-ring (bicyclic) bond motifs is 1. The summed E-state index contributed by atoms with van der Waals surface area (Å²) < 4.78 is 4.62. The summed E-state index contributed by atoms with van der Waals surface area (Å²) in [5.41, 5.74) is 1.51. The van der Waals surface area contributed by atoms with Crippen LogP contribution in [0.1, 0.15) is 15.9 Å². The van der Waals surface area contributed by atoms with Crippen LogP contribution in [0.5, 0.6) is 0 Å². The average molecular weight is 226 g/mol. The molecule has 0 spiro atoms. The fourth-order valence-electron chi connectivity index (χ4n) is 1.58. The van der Waals surface area contributed by atoms with Gasteiger partial charge in [-0.15, -0.1) is 0 Å². The molecule has 0 radical (unpaired) electrons.